The first kappa shape index (κ1) is 12.6. The third-order valence-electron chi connectivity index (χ3n) is 3.39. The molecule has 1 aromatic rings. The van der Waals surface area contributed by atoms with Crippen molar-refractivity contribution in [2.24, 2.45) is 0 Å². The van der Waals surface area contributed by atoms with E-state index in [2.05, 4.69) is 44.3 Å². The van der Waals surface area contributed by atoms with Crippen LogP contribution < -0.4 is 5.32 Å². The molecule has 0 spiro atoms. The van der Waals surface area contributed by atoms with E-state index in [1.807, 2.05) is 0 Å². The van der Waals surface area contributed by atoms with Crippen molar-refractivity contribution >= 4 is 0 Å². The quantitative estimate of drug-likeness (QED) is 0.861. The molecular weight excluding hydrogens is 208 g/mol. The highest BCUT2D eigenvalue weighted by Gasteiger charge is 2.20. The summed E-state index contributed by atoms with van der Waals surface area (Å²) in [6.45, 7) is 7.60. The minimum Gasteiger partial charge on any atom is -0.312 e. The van der Waals surface area contributed by atoms with E-state index < -0.39 is 0 Å². The molecule has 2 rings (SSSR count). The number of hydrogen-bond acceptors (Lipinski definition) is 2. The van der Waals surface area contributed by atoms with Gasteiger partial charge in [-0.15, -0.1) is 0 Å². The van der Waals surface area contributed by atoms with Crippen LogP contribution in [0.1, 0.15) is 57.3 Å². The minimum absolute atomic E-state index is 0.200. The predicted molar refractivity (Wildman–Crippen MR) is 72.3 cm³/mol. The second-order valence-corrected chi connectivity index (χ2v) is 6.11. The maximum Gasteiger partial charge on any atom is 0.0437 e. The fourth-order valence-corrected chi connectivity index (χ4v) is 2.13. The van der Waals surface area contributed by atoms with E-state index >= 15 is 0 Å². The Balaban J connectivity index is 1.88. The van der Waals surface area contributed by atoms with Gasteiger partial charge in [-0.1, -0.05) is 12.5 Å². The van der Waals surface area contributed by atoms with Crippen LogP contribution in [-0.2, 0) is 6.42 Å². The minimum atomic E-state index is 0.200. The molecule has 0 aromatic carbocycles. The molecule has 94 valence electrons. The van der Waals surface area contributed by atoms with Gasteiger partial charge in [0, 0.05) is 35.8 Å². The zero-order chi connectivity index (χ0) is 12.3. The normalized spacial score (nSPS) is 16.9. The summed E-state index contributed by atoms with van der Waals surface area (Å²) >= 11 is 0. The monoisotopic (exact) mass is 232 g/mol. The number of hydrogen-bond donors (Lipinski definition) is 1. The molecule has 1 aliphatic carbocycles. The summed E-state index contributed by atoms with van der Waals surface area (Å²) in [5.74, 6) is 0.741. The van der Waals surface area contributed by atoms with Gasteiger partial charge in [-0.3, -0.25) is 4.98 Å². The first-order valence-corrected chi connectivity index (χ1v) is 6.75. The number of aromatic nitrogens is 1. The van der Waals surface area contributed by atoms with Gasteiger partial charge in [-0.05, 0) is 45.7 Å². The molecule has 1 heterocycles. The lowest BCUT2D eigenvalue weighted by Crippen LogP contribution is -2.37. The van der Waals surface area contributed by atoms with Gasteiger partial charge >= 0.3 is 0 Å². The fraction of sp³-hybridized carbons (Fsp3) is 0.667. The Labute approximate surface area is 105 Å². The van der Waals surface area contributed by atoms with E-state index in [0.717, 1.165) is 18.9 Å². The highest BCUT2D eigenvalue weighted by Crippen LogP contribution is 2.35. The van der Waals surface area contributed by atoms with Gasteiger partial charge < -0.3 is 5.32 Å². The molecule has 1 N–H and O–H groups in total. The summed E-state index contributed by atoms with van der Waals surface area (Å²) in [5.41, 5.74) is 2.74. The van der Waals surface area contributed by atoms with Crippen LogP contribution >= 0.6 is 0 Å². The average Bonchev–Trinajstić information content (AvgIpc) is 2.13. The zero-order valence-corrected chi connectivity index (χ0v) is 11.3. The number of rotatable bonds is 4. The van der Waals surface area contributed by atoms with E-state index in [1.165, 1.54) is 30.7 Å². The summed E-state index contributed by atoms with van der Waals surface area (Å²) in [4.78, 5) is 4.77. The topological polar surface area (TPSA) is 24.9 Å². The fourth-order valence-electron chi connectivity index (χ4n) is 2.13. The van der Waals surface area contributed by atoms with Crippen LogP contribution in [0.25, 0.3) is 0 Å². The molecule has 0 aliphatic heterocycles. The molecule has 0 unspecified atom stereocenters. The van der Waals surface area contributed by atoms with Crippen LogP contribution in [0.4, 0.5) is 0 Å². The van der Waals surface area contributed by atoms with Crippen LogP contribution in [0.3, 0.4) is 0 Å². The average molecular weight is 232 g/mol. The van der Waals surface area contributed by atoms with Gasteiger partial charge in [0.1, 0.15) is 0 Å². The van der Waals surface area contributed by atoms with Crippen molar-refractivity contribution in [3.05, 3.63) is 29.6 Å². The Kier molecular flexibility index (Phi) is 3.82. The summed E-state index contributed by atoms with van der Waals surface area (Å²) in [5, 5.41) is 3.51. The molecule has 0 bridgehead atoms. The molecule has 0 atom stereocenters. The van der Waals surface area contributed by atoms with Gasteiger partial charge in [0.2, 0.25) is 0 Å². The van der Waals surface area contributed by atoms with Gasteiger partial charge in [-0.25, -0.2) is 0 Å². The Morgan fingerprint density at radius 2 is 2.06 bits per heavy atom. The van der Waals surface area contributed by atoms with Crippen LogP contribution in [0.15, 0.2) is 18.2 Å². The second kappa shape index (κ2) is 5.18. The van der Waals surface area contributed by atoms with E-state index in [4.69, 9.17) is 4.98 Å². The Morgan fingerprint density at radius 1 is 1.29 bits per heavy atom. The molecule has 0 amide bonds. The maximum absolute atomic E-state index is 4.77. The summed E-state index contributed by atoms with van der Waals surface area (Å²) < 4.78 is 0. The molecule has 1 aromatic heterocycles. The van der Waals surface area contributed by atoms with Crippen molar-refractivity contribution in [3.63, 3.8) is 0 Å². The highest BCUT2D eigenvalue weighted by molar-refractivity contribution is 5.16. The van der Waals surface area contributed by atoms with E-state index in [-0.39, 0.29) is 5.54 Å². The Bertz CT molecular complexity index is 361. The van der Waals surface area contributed by atoms with Crippen molar-refractivity contribution < 1.29 is 0 Å². The lowest BCUT2D eigenvalue weighted by molar-refractivity contribution is 0.408. The van der Waals surface area contributed by atoms with Crippen molar-refractivity contribution in [2.45, 2.75) is 57.9 Å². The highest BCUT2D eigenvalue weighted by atomic mass is 14.9. The van der Waals surface area contributed by atoms with Gasteiger partial charge in [0.25, 0.3) is 0 Å². The van der Waals surface area contributed by atoms with Gasteiger partial charge in [-0.2, -0.15) is 0 Å². The van der Waals surface area contributed by atoms with Gasteiger partial charge in [0.05, 0.1) is 0 Å². The number of pyridine rings is 1. The largest absolute Gasteiger partial charge is 0.312 e. The molecule has 1 aliphatic rings. The third kappa shape index (κ3) is 3.81. The molecule has 0 saturated heterocycles. The van der Waals surface area contributed by atoms with Crippen molar-refractivity contribution in [3.8, 4) is 0 Å². The van der Waals surface area contributed by atoms with E-state index in [9.17, 15) is 0 Å². The van der Waals surface area contributed by atoms with Gasteiger partial charge in [0.15, 0.2) is 0 Å². The van der Waals surface area contributed by atoms with Crippen LogP contribution in [0, 0.1) is 0 Å². The molecular formula is C15H24N2. The Hall–Kier alpha value is -0.890. The lowest BCUT2D eigenvalue weighted by Gasteiger charge is -2.25. The van der Waals surface area contributed by atoms with Crippen LogP contribution in [0.5, 0.6) is 0 Å². The molecule has 0 radical (unpaired) electrons. The third-order valence-corrected chi connectivity index (χ3v) is 3.39. The number of nitrogens with one attached hydrogen (secondary N) is 1. The van der Waals surface area contributed by atoms with Crippen molar-refractivity contribution in [2.75, 3.05) is 6.54 Å². The SMILES string of the molecule is CC(C)(C)NCCc1cccc(C2CCC2)n1. The van der Waals surface area contributed by atoms with E-state index in [1.54, 1.807) is 0 Å². The van der Waals surface area contributed by atoms with Crippen molar-refractivity contribution in [1.82, 2.24) is 10.3 Å². The first-order chi connectivity index (χ1) is 8.04. The zero-order valence-electron chi connectivity index (χ0n) is 11.3. The number of nitrogens with zero attached hydrogens (tertiary/aromatic N) is 1. The molecule has 2 nitrogen and oxygen atoms in total. The smallest absolute Gasteiger partial charge is 0.0437 e. The Morgan fingerprint density at radius 3 is 2.65 bits per heavy atom. The molecule has 1 fully saturated rings. The summed E-state index contributed by atoms with van der Waals surface area (Å²) in [7, 11) is 0. The van der Waals surface area contributed by atoms with E-state index in [0.29, 0.717) is 0 Å². The summed E-state index contributed by atoms with van der Waals surface area (Å²) in [6, 6.07) is 6.49. The lowest BCUT2D eigenvalue weighted by atomic mass is 9.82. The molecule has 1 saturated carbocycles. The van der Waals surface area contributed by atoms with Crippen LogP contribution in [0.2, 0.25) is 0 Å². The maximum atomic E-state index is 4.77. The summed E-state index contributed by atoms with van der Waals surface area (Å²) in [6.07, 6.45) is 5.06. The molecule has 2 heteroatoms. The predicted octanol–water partition coefficient (Wildman–Crippen LogP) is 3.28. The second-order valence-electron chi connectivity index (χ2n) is 6.11. The van der Waals surface area contributed by atoms with Crippen molar-refractivity contribution in [1.29, 1.82) is 0 Å². The first-order valence-electron chi connectivity index (χ1n) is 6.75. The van der Waals surface area contributed by atoms with Crippen LogP contribution in [-0.4, -0.2) is 17.1 Å². The molecule has 17 heavy (non-hydrogen) atoms. The standard InChI is InChI=1S/C15H24N2/c1-15(2,3)16-11-10-13-8-5-9-14(17-13)12-6-4-7-12/h5,8-9,12,16H,4,6-7,10-11H2,1-3H3.